The molecule has 148 valence electrons. The highest BCUT2D eigenvalue weighted by Crippen LogP contribution is 2.41. The van der Waals surface area contributed by atoms with Gasteiger partial charge < -0.3 is 15.5 Å². The minimum Gasteiger partial charge on any atom is -0.356 e. The second-order valence-electron chi connectivity index (χ2n) is 7.53. The van der Waals surface area contributed by atoms with Crippen molar-refractivity contribution in [1.29, 1.82) is 0 Å². The average Bonchev–Trinajstić information content (AvgIpc) is 3.48. The molecule has 0 radical (unpaired) electrons. The number of rotatable bonds is 5. The van der Waals surface area contributed by atoms with Gasteiger partial charge in [-0.3, -0.25) is 4.99 Å². The van der Waals surface area contributed by atoms with E-state index in [2.05, 4.69) is 31.6 Å². The van der Waals surface area contributed by atoms with Crippen LogP contribution in [0.1, 0.15) is 37.7 Å². The first-order chi connectivity index (χ1) is 13.7. The summed E-state index contributed by atoms with van der Waals surface area (Å²) in [5, 5.41) is 7.09. The van der Waals surface area contributed by atoms with Crippen LogP contribution >= 0.6 is 0 Å². The fourth-order valence-corrected chi connectivity index (χ4v) is 3.93. The van der Waals surface area contributed by atoms with Crippen LogP contribution in [0, 0.1) is 5.82 Å². The van der Waals surface area contributed by atoms with Crippen LogP contribution in [0.25, 0.3) is 0 Å². The highest BCUT2D eigenvalue weighted by atomic mass is 19.1. The zero-order valence-electron chi connectivity index (χ0n) is 16.3. The fraction of sp³-hybridized carbons (Fsp3) is 0.455. The Balaban J connectivity index is 1.29. The van der Waals surface area contributed by atoms with Crippen molar-refractivity contribution < 1.29 is 4.39 Å². The third-order valence-electron chi connectivity index (χ3n) is 5.54. The maximum atomic E-state index is 14.0. The summed E-state index contributed by atoms with van der Waals surface area (Å²) in [7, 11) is 0. The van der Waals surface area contributed by atoms with E-state index in [0.29, 0.717) is 6.04 Å². The van der Waals surface area contributed by atoms with Gasteiger partial charge in [0.2, 0.25) is 0 Å². The molecule has 4 rings (SSSR count). The summed E-state index contributed by atoms with van der Waals surface area (Å²) in [6.07, 6.45) is 4.88. The van der Waals surface area contributed by atoms with E-state index in [9.17, 15) is 4.39 Å². The summed E-state index contributed by atoms with van der Waals surface area (Å²) in [4.78, 5) is 11.4. The molecule has 2 heterocycles. The van der Waals surface area contributed by atoms with Crippen molar-refractivity contribution in [1.82, 2.24) is 15.6 Å². The van der Waals surface area contributed by atoms with Gasteiger partial charge in [-0.25, -0.2) is 9.37 Å². The molecule has 1 aliphatic carbocycles. The Hall–Kier alpha value is -2.63. The van der Waals surface area contributed by atoms with E-state index >= 15 is 0 Å². The molecule has 1 aromatic carbocycles. The number of nitrogens with one attached hydrogen (secondary N) is 2. The zero-order valence-corrected chi connectivity index (χ0v) is 16.3. The number of hydrogen-bond acceptors (Lipinski definition) is 3. The number of aromatic nitrogens is 1. The molecule has 2 aromatic rings. The number of halogens is 1. The molecule has 1 saturated carbocycles. The molecular weight excluding hydrogens is 353 g/mol. The van der Waals surface area contributed by atoms with E-state index in [4.69, 9.17) is 0 Å². The molecule has 2 fully saturated rings. The Bertz CT molecular complexity index is 802. The normalized spacial score (nSPS) is 22.8. The summed E-state index contributed by atoms with van der Waals surface area (Å²) in [6.45, 7) is 4.72. The first-order valence-electron chi connectivity index (χ1n) is 10.2. The molecule has 0 spiro atoms. The summed E-state index contributed by atoms with van der Waals surface area (Å²) in [5.74, 6) is 2.02. The molecule has 2 N–H and O–H groups in total. The summed E-state index contributed by atoms with van der Waals surface area (Å²) < 4.78 is 14.0. The Morgan fingerprint density at radius 2 is 1.93 bits per heavy atom. The van der Waals surface area contributed by atoms with E-state index < -0.39 is 0 Å². The van der Waals surface area contributed by atoms with Crippen LogP contribution in [0.3, 0.4) is 0 Å². The third kappa shape index (κ3) is 4.43. The molecule has 1 saturated heterocycles. The summed E-state index contributed by atoms with van der Waals surface area (Å²) >= 11 is 0. The Morgan fingerprint density at radius 1 is 1.14 bits per heavy atom. The van der Waals surface area contributed by atoms with Crippen molar-refractivity contribution in [2.24, 2.45) is 4.99 Å². The lowest BCUT2D eigenvalue weighted by atomic mass is 10.1. The van der Waals surface area contributed by atoms with E-state index in [1.165, 1.54) is 0 Å². The van der Waals surface area contributed by atoms with Crippen molar-refractivity contribution in [3.05, 3.63) is 60.0 Å². The van der Waals surface area contributed by atoms with Gasteiger partial charge in [0.1, 0.15) is 11.6 Å². The van der Waals surface area contributed by atoms with Crippen LogP contribution in [0.5, 0.6) is 0 Å². The topological polar surface area (TPSA) is 52.6 Å². The van der Waals surface area contributed by atoms with Gasteiger partial charge in [0, 0.05) is 43.8 Å². The molecule has 0 bridgehead atoms. The van der Waals surface area contributed by atoms with Gasteiger partial charge in [-0.2, -0.15) is 0 Å². The number of piperidine rings is 1. The minimum absolute atomic E-state index is 0.111. The number of hydrogen-bond donors (Lipinski definition) is 2. The van der Waals surface area contributed by atoms with Crippen molar-refractivity contribution in [3.8, 4) is 0 Å². The van der Waals surface area contributed by atoms with Crippen molar-refractivity contribution in [2.45, 2.75) is 44.2 Å². The molecule has 2 atom stereocenters. The number of pyridine rings is 1. The molecule has 5 nitrogen and oxygen atoms in total. The Morgan fingerprint density at radius 3 is 2.64 bits per heavy atom. The van der Waals surface area contributed by atoms with E-state index in [0.717, 1.165) is 56.2 Å². The van der Waals surface area contributed by atoms with Gasteiger partial charge in [0.05, 0.1) is 0 Å². The van der Waals surface area contributed by atoms with Gasteiger partial charge in [0.25, 0.3) is 0 Å². The van der Waals surface area contributed by atoms with Crippen molar-refractivity contribution in [2.75, 3.05) is 24.5 Å². The van der Waals surface area contributed by atoms with Gasteiger partial charge in [-0.1, -0.05) is 24.3 Å². The Kier molecular flexibility index (Phi) is 5.74. The lowest BCUT2D eigenvalue weighted by Gasteiger charge is -2.33. The quantitative estimate of drug-likeness (QED) is 0.616. The maximum Gasteiger partial charge on any atom is 0.191 e. The summed E-state index contributed by atoms with van der Waals surface area (Å²) in [6, 6.07) is 13.8. The molecule has 2 unspecified atom stereocenters. The molecule has 2 aliphatic rings. The van der Waals surface area contributed by atoms with Crippen molar-refractivity contribution in [3.63, 3.8) is 0 Å². The predicted octanol–water partition coefficient (Wildman–Crippen LogP) is 3.30. The van der Waals surface area contributed by atoms with Crippen molar-refractivity contribution >= 4 is 11.8 Å². The molecule has 28 heavy (non-hydrogen) atoms. The Labute approximate surface area is 166 Å². The number of anilines is 1. The monoisotopic (exact) mass is 381 g/mol. The molecule has 6 heteroatoms. The SMILES string of the molecule is CCN=C(NC1CCN(c2ccccn2)CC1)NC1CC1c1ccccc1F. The maximum absolute atomic E-state index is 14.0. The standard InChI is InChI=1S/C22H28FN5/c1-2-24-22(27-20-15-18(20)17-7-3-4-8-19(17)23)26-16-10-13-28(14-11-16)21-9-5-6-12-25-21/h3-9,12,16,18,20H,2,10-11,13-15H2,1H3,(H2,24,26,27). The van der Waals surface area contributed by atoms with Crippen LogP contribution in [-0.2, 0) is 0 Å². The van der Waals surface area contributed by atoms with Crippen LogP contribution in [-0.4, -0.2) is 42.7 Å². The smallest absolute Gasteiger partial charge is 0.191 e. The molecule has 1 aliphatic heterocycles. The van der Waals surface area contributed by atoms with E-state index in [1.807, 2.05) is 37.4 Å². The van der Waals surface area contributed by atoms with E-state index in [-0.39, 0.29) is 17.8 Å². The second-order valence-corrected chi connectivity index (χ2v) is 7.53. The predicted molar refractivity (Wildman–Crippen MR) is 111 cm³/mol. The third-order valence-corrected chi connectivity index (χ3v) is 5.54. The van der Waals surface area contributed by atoms with Gasteiger partial charge in [-0.15, -0.1) is 0 Å². The average molecular weight is 381 g/mol. The van der Waals surface area contributed by atoms with Gasteiger partial charge >= 0.3 is 0 Å². The number of nitrogens with zero attached hydrogens (tertiary/aromatic N) is 3. The van der Waals surface area contributed by atoms with Gasteiger partial charge in [-0.05, 0) is 49.9 Å². The van der Waals surface area contributed by atoms with Crippen LogP contribution in [0.15, 0.2) is 53.7 Å². The molecule has 1 aromatic heterocycles. The lowest BCUT2D eigenvalue weighted by Crippen LogP contribution is -2.49. The molecule has 0 amide bonds. The minimum atomic E-state index is -0.111. The largest absolute Gasteiger partial charge is 0.356 e. The van der Waals surface area contributed by atoms with E-state index in [1.54, 1.807) is 12.1 Å². The molecular formula is C22H28FN5. The number of benzene rings is 1. The first kappa shape index (κ1) is 18.7. The second kappa shape index (κ2) is 8.59. The van der Waals surface area contributed by atoms with Crippen LogP contribution in [0.2, 0.25) is 0 Å². The van der Waals surface area contributed by atoms with Crippen LogP contribution in [0.4, 0.5) is 10.2 Å². The zero-order chi connectivity index (χ0) is 19.3. The summed E-state index contributed by atoms with van der Waals surface area (Å²) in [5.41, 5.74) is 0.805. The highest BCUT2D eigenvalue weighted by molar-refractivity contribution is 5.81. The highest BCUT2D eigenvalue weighted by Gasteiger charge is 2.40. The van der Waals surface area contributed by atoms with Gasteiger partial charge in [0.15, 0.2) is 5.96 Å². The lowest BCUT2D eigenvalue weighted by molar-refractivity contribution is 0.459. The fourth-order valence-electron chi connectivity index (χ4n) is 3.93. The number of guanidine groups is 1. The number of aliphatic imine (C=N–C) groups is 1. The first-order valence-corrected chi connectivity index (χ1v) is 10.2. The van der Waals surface area contributed by atoms with Crippen LogP contribution < -0.4 is 15.5 Å².